The number of amides is 3. The molecular weight excluding hydrogens is 467 g/mol. The highest BCUT2D eigenvalue weighted by molar-refractivity contribution is 5.96. The fraction of sp³-hybridized carbons (Fsp3) is 0.833. The van der Waals surface area contributed by atoms with Crippen molar-refractivity contribution in [2.75, 3.05) is 0 Å². The molecule has 8 nitrogen and oxygen atoms in total. The van der Waals surface area contributed by atoms with E-state index in [-0.39, 0.29) is 17.9 Å². The van der Waals surface area contributed by atoms with E-state index in [0.717, 1.165) is 0 Å². The van der Waals surface area contributed by atoms with Crippen LogP contribution in [0.25, 0.3) is 0 Å². The van der Waals surface area contributed by atoms with E-state index in [9.17, 15) is 32.3 Å². The van der Waals surface area contributed by atoms with E-state index in [4.69, 9.17) is 4.74 Å². The van der Waals surface area contributed by atoms with Gasteiger partial charge >= 0.3 is 12.3 Å². The van der Waals surface area contributed by atoms with Crippen molar-refractivity contribution < 1.29 is 37.1 Å². The maximum absolute atomic E-state index is 13.7. The lowest BCUT2D eigenvalue weighted by Crippen LogP contribution is -2.67. The molecule has 0 radical (unpaired) electrons. The molecule has 2 aliphatic heterocycles. The molecule has 2 heterocycles. The molecule has 3 fully saturated rings. The number of carbonyl (C=O) groups is 4. The van der Waals surface area contributed by atoms with Crippen molar-refractivity contribution in [1.82, 2.24) is 15.5 Å². The highest BCUT2D eigenvalue weighted by atomic mass is 19.4. The zero-order valence-corrected chi connectivity index (χ0v) is 21.5. The second kappa shape index (κ2) is 10.7. The Bertz CT molecular complexity index is 814. The molecule has 35 heavy (non-hydrogen) atoms. The number of ether oxygens (including phenoxy) is 1. The zero-order chi connectivity index (χ0) is 26.9. The van der Waals surface area contributed by atoms with Gasteiger partial charge in [0.25, 0.3) is 5.78 Å². The molecule has 3 amide bonds. The lowest BCUT2D eigenvalue weighted by Gasteiger charge is -2.51. The summed E-state index contributed by atoms with van der Waals surface area (Å²) in [5, 5.41) is 4.89. The molecule has 3 aliphatic rings. The molecule has 200 valence electrons. The standard InChI is InChI=1S/C24H38F3N3O5/c1-12(2)16(19(31)24(25,26)27)28-20(32)18-14-8-10-15(11-9-14)30(18)21(33)17(13(3)4)29-22(34)35-23(5,6)7/h12-18H,8-11H2,1-7H3,(H,28,32)(H,29,34)/t14?,15?,16-,17-,18-/m0/s1. The van der Waals surface area contributed by atoms with Gasteiger partial charge in [-0.05, 0) is 64.2 Å². The topological polar surface area (TPSA) is 105 Å². The van der Waals surface area contributed by atoms with Crippen molar-refractivity contribution in [2.24, 2.45) is 17.8 Å². The van der Waals surface area contributed by atoms with Crippen LogP contribution in [0.1, 0.15) is 74.1 Å². The first-order chi connectivity index (χ1) is 15.9. The number of halogens is 3. The molecule has 11 heteroatoms. The van der Waals surface area contributed by atoms with Crippen LogP contribution in [-0.2, 0) is 19.1 Å². The van der Waals surface area contributed by atoms with Crippen LogP contribution in [0.2, 0.25) is 0 Å². The first kappa shape index (κ1) is 28.9. The number of nitrogens with zero attached hydrogens (tertiary/aromatic N) is 1. The lowest BCUT2D eigenvalue weighted by atomic mass is 9.73. The normalized spacial score (nSPS) is 24.2. The third kappa shape index (κ3) is 7.10. The van der Waals surface area contributed by atoms with E-state index in [0.29, 0.717) is 25.7 Å². The van der Waals surface area contributed by atoms with E-state index in [2.05, 4.69) is 10.6 Å². The summed E-state index contributed by atoms with van der Waals surface area (Å²) in [5.74, 6) is -4.66. The van der Waals surface area contributed by atoms with E-state index in [1.165, 1.54) is 18.7 Å². The fourth-order valence-electron chi connectivity index (χ4n) is 4.87. The van der Waals surface area contributed by atoms with Crippen molar-refractivity contribution in [3.63, 3.8) is 0 Å². The summed E-state index contributed by atoms with van der Waals surface area (Å²) >= 11 is 0. The van der Waals surface area contributed by atoms with Gasteiger partial charge in [0, 0.05) is 6.04 Å². The van der Waals surface area contributed by atoms with Crippen molar-refractivity contribution in [3.05, 3.63) is 0 Å². The highest BCUT2D eigenvalue weighted by Crippen LogP contribution is 2.40. The van der Waals surface area contributed by atoms with Crippen molar-refractivity contribution >= 4 is 23.7 Å². The Hall–Kier alpha value is -2.33. The number of piperidine rings is 2. The minimum atomic E-state index is -5.09. The fourth-order valence-corrected chi connectivity index (χ4v) is 4.87. The molecule has 2 N–H and O–H groups in total. The maximum Gasteiger partial charge on any atom is 0.452 e. The van der Waals surface area contributed by atoms with Crippen LogP contribution in [0, 0.1) is 17.8 Å². The summed E-state index contributed by atoms with van der Waals surface area (Å²) < 4.78 is 44.7. The number of alkyl halides is 3. The van der Waals surface area contributed by atoms with Gasteiger partial charge < -0.3 is 20.3 Å². The van der Waals surface area contributed by atoms with Crippen LogP contribution in [-0.4, -0.2) is 64.5 Å². The van der Waals surface area contributed by atoms with Gasteiger partial charge in [0.2, 0.25) is 11.8 Å². The Kier molecular flexibility index (Phi) is 8.87. The third-order valence-electron chi connectivity index (χ3n) is 6.54. The number of alkyl carbamates (subject to hydrolysis) is 1. The van der Waals surface area contributed by atoms with Crippen molar-refractivity contribution in [2.45, 2.75) is 110 Å². The summed E-state index contributed by atoms with van der Waals surface area (Å²) in [7, 11) is 0. The minimum absolute atomic E-state index is 0.243. The Morgan fingerprint density at radius 1 is 0.857 bits per heavy atom. The van der Waals surface area contributed by atoms with Gasteiger partial charge in [-0.1, -0.05) is 27.7 Å². The number of fused-ring (bicyclic) bond motifs is 3. The van der Waals surface area contributed by atoms with Gasteiger partial charge in [-0.15, -0.1) is 0 Å². The van der Waals surface area contributed by atoms with Crippen LogP contribution in [0.15, 0.2) is 0 Å². The minimum Gasteiger partial charge on any atom is -0.444 e. The number of Topliss-reactive ketones (excluding diaryl/α,β-unsaturated/α-hetero) is 1. The summed E-state index contributed by atoms with van der Waals surface area (Å²) in [6, 6.07) is -4.03. The number of nitrogens with one attached hydrogen (secondary N) is 2. The molecule has 1 aliphatic carbocycles. The summed E-state index contributed by atoms with van der Waals surface area (Å²) in [4.78, 5) is 52.8. The number of ketones is 1. The maximum atomic E-state index is 13.7. The monoisotopic (exact) mass is 505 g/mol. The molecule has 0 unspecified atom stereocenters. The number of hydrogen-bond donors (Lipinski definition) is 2. The zero-order valence-electron chi connectivity index (χ0n) is 21.5. The van der Waals surface area contributed by atoms with Gasteiger partial charge in [-0.3, -0.25) is 14.4 Å². The molecule has 2 bridgehead atoms. The second-order valence-corrected chi connectivity index (χ2v) is 11.2. The summed E-state index contributed by atoms with van der Waals surface area (Å²) in [5.41, 5.74) is -0.780. The molecule has 0 aromatic heterocycles. The number of rotatable bonds is 7. The molecule has 0 spiro atoms. The Morgan fingerprint density at radius 2 is 1.37 bits per heavy atom. The molecule has 0 aromatic rings. The Labute approximate surface area is 204 Å². The van der Waals surface area contributed by atoms with E-state index < -0.39 is 59.5 Å². The van der Waals surface area contributed by atoms with Crippen LogP contribution >= 0.6 is 0 Å². The molecule has 2 saturated heterocycles. The highest BCUT2D eigenvalue weighted by Gasteiger charge is 2.51. The summed E-state index contributed by atoms with van der Waals surface area (Å²) in [6.45, 7) is 11.4. The predicted molar refractivity (Wildman–Crippen MR) is 122 cm³/mol. The van der Waals surface area contributed by atoms with E-state index >= 15 is 0 Å². The average Bonchev–Trinajstić information content (AvgIpc) is 2.72. The SMILES string of the molecule is CC(C)[C@H](NC(=O)OC(C)(C)C)C(=O)N1C2CCC(CC2)[C@H]1C(=O)N[C@H](C(=O)C(F)(F)F)C(C)C. The van der Waals surface area contributed by atoms with E-state index in [1.54, 1.807) is 34.6 Å². The third-order valence-corrected chi connectivity index (χ3v) is 6.54. The van der Waals surface area contributed by atoms with Crippen LogP contribution < -0.4 is 10.6 Å². The number of hydrogen-bond acceptors (Lipinski definition) is 5. The van der Waals surface area contributed by atoms with Crippen molar-refractivity contribution in [3.8, 4) is 0 Å². The second-order valence-electron chi connectivity index (χ2n) is 11.2. The van der Waals surface area contributed by atoms with Crippen LogP contribution in [0.4, 0.5) is 18.0 Å². The van der Waals surface area contributed by atoms with Gasteiger partial charge in [0.1, 0.15) is 17.7 Å². The Morgan fingerprint density at radius 3 is 1.80 bits per heavy atom. The van der Waals surface area contributed by atoms with Gasteiger partial charge in [0.15, 0.2) is 0 Å². The van der Waals surface area contributed by atoms with Gasteiger partial charge in [-0.25, -0.2) is 4.79 Å². The van der Waals surface area contributed by atoms with Crippen molar-refractivity contribution in [1.29, 1.82) is 0 Å². The largest absolute Gasteiger partial charge is 0.452 e. The van der Waals surface area contributed by atoms with Gasteiger partial charge in [-0.2, -0.15) is 13.2 Å². The molecule has 3 atom stereocenters. The molecular formula is C24H38F3N3O5. The molecule has 3 rings (SSSR count). The van der Waals surface area contributed by atoms with E-state index in [1.807, 2.05) is 0 Å². The smallest absolute Gasteiger partial charge is 0.444 e. The summed E-state index contributed by atoms with van der Waals surface area (Å²) in [6.07, 6.45) is -3.25. The van der Waals surface area contributed by atoms with Crippen LogP contribution in [0.5, 0.6) is 0 Å². The Balaban J connectivity index is 2.31. The average molecular weight is 506 g/mol. The lowest BCUT2D eigenvalue weighted by molar-refractivity contribution is -0.175. The first-order valence-electron chi connectivity index (χ1n) is 12.2. The van der Waals surface area contributed by atoms with Crippen LogP contribution in [0.3, 0.4) is 0 Å². The van der Waals surface area contributed by atoms with Gasteiger partial charge in [0.05, 0.1) is 6.04 Å². The first-order valence-corrected chi connectivity index (χ1v) is 12.2. The molecule has 1 saturated carbocycles. The quantitative estimate of drug-likeness (QED) is 0.550. The predicted octanol–water partition coefficient (Wildman–Crippen LogP) is 3.58. The number of carbonyl (C=O) groups excluding carboxylic acids is 4. The molecule has 0 aromatic carbocycles.